The molecule has 0 unspecified atom stereocenters. The second-order valence-electron chi connectivity index (χ2n) is 5.71. The van der Waals surface area contributed by atoms with Gasteiger partial charge in [-0.15, -0.1) is 0 Å². The number of Topliss-reactive ketones (excluding diaryl/α,β-unsaturated/α-hetero) is 1. The molecular formula is C19H18O4. The summed E-state index contributed by atoms with van der Waals surface area (Å²) in [5.74, 6) is -0.364. The van der Waals surface area contributed by atoms with Crippen molar-refractivity contribution in [1.82, 2.24) is 0 Å². The van der Waals surface area contributed by atoms with Crippen LogP contribution in [0.5, 0.6) is 0 Å². The minimum absolute atomic E-state index is 0.173. The van der Waals surface area contributed by atoms with E-state index in [-0.39, 0.29) is 11.2 Å². The zero-order chi connectivity index (χ0) is 16.6. The first-order valence-electron chi connectivity index (χ1n) is 7.73. The van der Waals surface area contributed by atoms with Crippen molar-refractivity contribution >= 4 is 27.7 Å². The SMILES string of the molecule is CCC(O)(CC)C(=O)c1ccc2oc3ccccc3c(=O)c2c1. The van der Waals surface area contributed by atoms with Gasteiger partial charge in [0.1, 0.15) is 16.8 Å². The van der Waals surface area contributed by atoms with E-state index in [1.807, 2.05) is 0 Å². The number of ketones is 1. The van der Waals surface area contributed by atoms with Crippen LogP contribution in [-0.4, -0.2) is 16.5 Å². The fourth-order valence-electron chi connectivity index (χ4n) is 2.78. The topological polar surface area (TPSA) is 67.5 Å². The highest BCUT2D eigenvalue weighted by molar-refractivity contribution is 6.05. The number of hydrogen-bond acceptors (Lipinski definition) is 4. The first-order valence-corrected chi connectivity index (χ1v) is 7.73. The predicted molar refractivity (Wildman–Crippen MR) is 89.9 cm³/mol. The van der Waals surface area contributed by atoms with E-state index in [0.717, 1.165) is 0 Å². The molecule has 23 heavy (non-hydrogen) atoms. The first kappa shape index (κ1) is 15.4. The molecule has 0 radical (unpaired) electrons. The Morgan fingerprint density at radius 2 is 1.70 bits per heavy atom. The van der Waals surface area contributed by atoms with Crippen molar-refractivity contribution in [1.29, 1.82) is 0 Å². The molecular weight excluding hydrogens is 292 g/mol. The smallest absolute Gasteiger partial charge is 0.200 e. The predicted octanol–water partition coefficient (Wildman–Crippen LogP) is 3.68. The molecule has 2 aromatic carbocycles. The second-order valence-corrected chi connectivity index (χ2v) is 5.71. The van der Waals surface area contributed by atoms with Crippen LogP contribution in [-0.2, 0) is 0 Å². The van der Waals surface area contributed by atoms with E-state index in [0.29, 0.717) is 40.3 Å². The monoisotopic (exact) mass is 310 g/mol. The van der Waals surface area contributed by atoms with E-state index in [9.17, 15) is 14.7 Å². The van der Waals surface area contributed by atoms with Crippen LogP contribution in [0.1, 0.15) is 37.0 Å². The molecule has 0 saturated carbocycles. The fourth-order valence-corrected chi connectivity index (χ4v) is 2.78. The van der Waals surface area contributed by atoms with E-state index in [1.54, 1.807) is 50.2 Å². The number of fused-ring (bicyclic) bond motifs is 2. The quantitative estimate of drug-likeness (QED) is 0.589. The number of carbonyl (C=O) groups is 1. The zero-order valence-corrected chi connectivity index (χ0v) is 13.1. The van der Waals surface area contributed by atoms with Crippen LogP contribution in [0.2, 0.25) is 0 Å². The van der Waals surface area contributed by atoms with Crippen molar-refractivity contribution in [2.45, 2.75) is 32.3 Å². The van der Waals surface area contributed by atoms with Crippen molar-refractivity contribution in [3.8, 4) is 0 Å². The Morgan fingerprint density at radius 1 is 1.04 bits per heavy atom. The molecule has 0 amide bonds. The molecule has 3 aromatic rings. The van der Waals surface area contributed by atoms with Crippen LogP contribution in [0.4, 0.5) is 0 Å². The average Bonchev–Trinajstić information content (AvgIpc) is 2.60. The molecule has 0 aliphatic rings. The molecule has 0 spiro atoms. The van der Waals surface area contributed by atoms with Gasteiger partial charge < -0.3 is 9.52 Å². The summed E-state index contributed by atoms with van der Waals surface area (Å²) in [5.41, 5.74) is -0.297. The third-order valence-electron chi connectivity index (χ3n) is 4.43. The number of hydrogen-bond donors (Lipinski definition) is 1. The number of carbonyl (C=O) groups excluding carboxylic acids is 1. The lowest BCUT2D eigenvalue weighted by Gasteiger charge is -2.23. The van der Waals surface area contributed by atoms with Crippen molar-refractivity contribution in [3.63, 3.8) is 0 Å². The molecule has 0 saturated heterocycles. The molecule has 0 atom stereocenters. The third kappa shape index (κ3) is 2.45. The second kappa shape index (κ2) is 5.63. The highest BCUT2D eigenvalue weighted by Crippen LogP contribution is 2.24. The van der Waals surface area contributed by atoms with Gasteiger partial charge >= 0.3 is 0 Å². The van der Waals surface area contributed by atoms with Crippen molar-refractivity contribution in [2.24, 2.45) is 0 Å². The summed E-state index contributed by atoms with van der Waals surface area (Å²) in [6.07, 6.45) is 0.652. The number of benzene rings is 2. The van der Waals surface area contributed by atoms with Gasteiger partial charge in [0.15, 0.2) is 5.78 Å². The highest BCUT2D eigenvalue weighted by Gasteiger charge is 2.32. The van der Waals surface area contributed by atoms with Crippen LogP contribution in [0.15, 0.2) is 51.7 Å². The van der Waals surface area contributed by atoms with Crippen molar-refractivity contribution in [3.05, 3.63) is 58.3 Å². The van der Waals surface area contributed by atoms with Gasteiger partial charge in [0.25, 0.3) is 0 Å². The summed E-state index contributed by atoms with van der Waals surface area (Å²) in [4.78, 5) is 25.2. The van der Waals surface area contributed by atoms with Crippen LogP contribution >= 0.6 is 0 Å². The van der Waals surface area contributed by atoms with Gasteiger partial charge in [-0.1, -0.05) is 26.0 Å². The molecule has 0 aliphatic heterocycles. The van der Waals surface area contributed by atoms with Gasteiger partial charge in [-0.2, -0.15) is 0 Å². The van der Waals surface area contributed by atoms with E-state index in [2.05, 4.69) is 0 Å². The van der Waals surface area contributed by atoms with E-state index in [4.69, 9.17) is 4.42 Å². The van der Waals surface area contributed by atoms with Gasteiger partial charge in [0, 0.05) is 5.56 Å². The maximum atomic E-state index is 12.6. The normalized spacial score (nSPS) is 12.0. The summed E-state index contributed by atoms with van der Waals surface area (Å²) in [6, 6.07) is 11.7. The maximum absolute atomic E-state index is 12.6. The van der Waals surface area contributed by atoms with Crippen molar-refractivity contribution in [2.75, 3.05) is 0 Å². The molecule has 0 fully saturated rings. The standard InChI is InChI=1S/C19H18O4/c1-3-19(22,4-2)18(21)12-9-10-16-14(11-12)17(20)13-7-5-6-8-15(13)23-16/h5-11,22H,3-4H2,1-2H3. The largest absolute Gasteiger partial charge is 0.456 e. The molecule has 1 N–H and O–H groups in total. The number of para-hydroxylation sites is 1. The van der Waals surface area contributed by atoms with Crippen molar-refractivity contribution < 1.29 is 14.3 Å². The Bertz CT molecular complexity index is 948. The average molecular weight is 310 g/mol. The summed E-state index contributed by atoms with van der Waals surface area (Å²) in [5, 5.41) is 11.2. The van der Waals surface area contributed by atoms with Crippen LogP contribution < -0.4 is 5.43 Å². The Balaban J connectivity index is 2.23. The van der Waals surface area contributed by atoms with Crippen LogP contribution in [0.3, 0.4) is 0 Å². The van der Waals surface area contributed by atoms with Gasteiger partial charge in [-0.25, -0.2) is 0 Å². The van der Waals surface area contributed by atoms with Gasteiger partial charge in [0.05, 0.1) is 10.8 Å². The lowest BCUT2D eigenvalue weighted by Crippen LogP contribution is -2.37. The number of rotatable bonds is 4. The Labute approximate surface area is 133 Å². The Kier molecular flexibility index (Phi) is 3.78. The van der Waals surface area contributed by atoms with Crippen LogP contribution in [0.25, 0.3) is 21.9 Å². The Hall–Kier alpha value is -2.46. The molecule has 4 heteroatoms. The summed E-state index contributed by atoms with van der Waals surface area (Å²) >= 11 is 0. The van der Waals surface area contributed by atoms with E-state index >= 15 is 0 Å². The molecule has 3 rings (SSSR count). The fraction of sp³-hybridized carbons (Fsp3) is 0.263. The molecule has 0 aliphatic carbocycles. The lowest BCUT2D eigenvalue weighted by atomic mass is 9.87. The molecule has 1 heterocycles. The molecule has 0 bridgehead atoms. The Morgan fingerprint density at radius 3 is 2.39 bits per heavy atom. The van der Waals surface area contributed by atoms with E-state index < -0.39 is 5.60 Å². The van der Waals surface area contributed by atoms with Gasteiger partial charge in [0.2, 0.25) is 5.43 Å². The molecule has 1 aromatic heterocycles. The minimum atomic E-state index is -1.40. The number of aliphatic hydroxyl groups is 1. The lowest BCUT2D eigenvalue weighted by molar-refractivity contribution is 0.0278. The summed E-state index contributed by atoms with van der Waals surface area (Å²) in [7, 11) is 0. The highest BCUT2D eigenvalue weighted by atomic mass is 16.3. The minimum Gasteiger partial charge on any atom is -0.456 e. The first-order chi connectivity index (χ1) is 11.0. The van der Waals surface area contributed by atoms with E-state index in [1.165, 1.54) is 6.07 Å². The molecule has 118 valence electrons. The third-order valence-corrected chi connectivity index (χ3v) is 4.43. The zero-order valence-electron chi connectivity index (χ0n) is 13.1. The van der Waals surface area contributed by atoms with Crippen LogP contribution in [0, 0.1) is 0 Å². The summed E-state index contributed by atoms with van der Waals surface area (Å²) < 4.78 is 5.73. The van der Waals surface area contributed by atoms with Gasteiger partial charge in [-0.3, -0.25) is 9.59 Å². The van der Waals surface area contributed by atoms with Gasteiger partial charge in [-0.05, 0) is 43.2 Å². The summed E-state index contributed by atoms with van der Waals surface area (Å²) in [6.45, 7) is 3.54. The molecule has 4 nitrogen and oxygen atoms in total. The maximum Gasteiger partial charge on any atom is 0.200 e.